The second-order valence-corrected chi connectivity index (χ2v) is 11.7. The number of aliphatic hydroxyl groups is 1. The zero-order valence-corrected chi connectivity index (χ0v) is 30.1. The minimum absolute atomic E-state index is 0.0362. The van der Waals surface area contributed by atoms with Crippen molar-refractivity contribution in [2.75, 3.05) is 41.4 Å². The van der Waals surface area contributed by atoms with E-state index in [1.165, 1.54) is 43.4 Å². The van der Waals surface area contributed by atoms with Crippen LogP contribution in [0.3, 0.4) is 0 Å². The van der Waals surface area contributed by atoms with Crippen LogP contribution in [0.1, 0.15) is 25.3 Å². The Morgan fingerprint density at radius 1 is 0.849 bits per heavy atom. The second kappa shape index (κ2) is 24.7. The number of carbonyl (C=O) groups is 4. The van der Waals surface area contributed by atoms with E-state index in [1.807, 2.05) is 13.0 Å². The molecule has 0 aliphatic carbocycles. The maximum absolute atomic E-state index is 12.6. The van der Waals surface area contributed by atoms with Crippen molar-refractivity contribution in [3.63, 3.8) is 0 Å². The average molecular weight is 754 g/mol. The van der Waals surface area contributed by atoms with Gasteiger partial charge in [0.15, 0.2) is 0 Å². The van der Waals surface area contributed by atoms with Gasteiger partial charge in [-0.2, -0.15) is 0 Å². The molecule has 4 rings (SSSR count). The first-order valence-corrected chi connectivity index (χ1v) is 17.3. The van der Waals surface area contributed by atoms with Crippen LogP contribution in [0.4, 0.5) is 38.0 Å². The summed E-state index contributed by atoms with van der Waals surface area (Å²) in [5.74, 6) is 0.183. The number of benzene rings is 4. The number of carbonyl (C=O) groups excluding carboxylic acids is 4. The maximum Gasteiger partial charge on any atom is 0.417 e. The van der Waals surface area contributed by atoms with E-state index in [2.05, 4.69) is 31.7 Å². The molecule has 0 atom stereocenters. The molecular formula is C35H43N7O10S. The van der Waals surface area contributed by atoms with Gasteiger partial charge in [-0.15, -0.1) is 0 Å². The molecule has 4 aromatic rings. The van der Waals surface area contributed by atoms with Gasteiger partial charge < -0.3 is 36.3 Å². The first-order chi connectivity index (χ1) is 25.5. The summed E-state index contributed by atoms with van der Waals surface area (Å²) >= 11 is 0. The molecule has 0 unspecified atom stereocenters. The van der Waals surface area contributed by atoms with Crippen LogP contribution >= 0.6 is 0 Å². The Kier molecular flexibility index (Phi) is 20.8. The average Bonchev–Trinajstić information content (AvgIpc) is 3.16. The Bertz CT molecular complexity index is 1860. The highest BCUT2D eigenvalue weighted by atomic mass is 32.2. The molecule has 0 aliphatic heterocycles. The number of sulfonamides is 1. The quantitative estimate of drug-likeness (QED) is 0.0506. The van der Waals surface area contributed by atoms with Gasteiger partial charge in [-0.05, 0) is 92.2 Å². The molecule has 0 aliphatic rings. The molecule has 0 aromatic heterocycles. The van der Waals surface area contributed by atoms with Crippen molar-refractivity contribution in [2.45, 2.75) is 31.1 Å². The molecule has 0 fully saturated rings. The van der Waals surface area contributed by atoms with Gasteiger partial charge >= 0.3 is 12.1 Å². The minimum atomic E-state index is -3.82. The number of aryl methyl sites for hydroxylation is 1. The van der Waals surface area contributed by atoms with Gasteiger partial charge in [0.1, 0.15) is 12.0 Å². The summed E-state index contributed by atoms with van der Waals surface area (Å²) < 4.78 is 32.8. The number of anilines is 4. The third kappa shape index (κ3) is 16.9. The van der Waals surface area contributed by atoms with E-state index in [0.717, 1.165) is 25.4 Å². The third-order valence-electron chi connectivity index (χ3n) is 6.28. The van der Waals surface area contributed by atoms with Gasteiger partial charge in [-0.3, -0.25) is 24.9 Å². The number of nitrogens with one attached hydrogen (secondary N) is 5. The number of nitro groups is 1. The van der Waals surface area contributed by atoms with Crippen molar-refractivity contribution in [2.24, 2.45) is 5.73 Å². The Balaban J connectivity index is 0.000000492. The minimum Gasteiger partial charge on any atom is -0.410 e. The fourth-order valence-corrected chi connectivity index (χ4v) is 5.08. The van der Waals surface area contributed by atoms with Gasteiger partial charge in [0.05, 0.1) is 9.82 Å². The topological polar surface area (TPSA) is 261 Å². The van der Waals surface area contributed by atoms with Crippen LogP contribution in [-0.2, 0) is 26.0 Å². The standard InChI is InChI=1S/C19H23N3O4S.C14H11N3O5.CH5N.CH4O/c1-2-11-20-19(24)21-16-8-4-10-18(14-16)27(25,26)22-17-9-3-6-15(13-17)7-5-12-23;18-9-15-10-1-3-11(4-2-10)16-14(19)22-13-7-5-12(6-8-13)17(20)21;2*1-2/h3-4,6,8-10,12-14,22H,2,5,7,11H2,1H3,(H2,20,21,24);1-9H,(H,15,18)(H,16,19);2H2,1H3;2H,1H3. The largest absolute Gasteiger partial charge is 0.417 e. The van der Waals surface area contributed by atoms with Crippen molar-refractivity contribution in [3.8, 4) is 5.75 Å². The molecule has 4 aromatic carbocycles. The van der Waals surface area contributed by atoms with Crippen molar-refractivity contribution in [3.05, 3.63) is 113 Å². The van der Waals surface area contributed by atoms with E-state index in [9.17, 15) is 37.7 Å². The summed E-state index contributed by atoms with van der Waals surface area (Å²) in [4.78, 5) is 54.2. The molecule has 8 N–H and O–H groups in total. The molecule has 284 valence electrons. The lowest BCUT2D eigenvalue weighted by Gasteiger charge is -2.11. The second-order valence-electron chi connectivity index (χ2n) is 10.0. The zero-order valence-electron chi connectivity index (χ0n) is 29.3. The van der Waals surface area contributed by atoms with Crippen LogP contribution in [-0.4, -0.2) is 64.0 Å². The SMILES string of the molecule is CCCNC(=O)Nc1cccc(S(=O)(=O)Nc2cccc(CCC=O)c2)c1.CN.CO.O=CNc1ccc(NC(=O)Oc2ccc([N+](=O)[O-])cc2)cc1. The van der Waals surface area contributed by atoms with Crippen LogP contribution in [0.5, 0.6) is 5.75 Å². The monoisotopic (exact) mass is 753 g/mol. The fraction of sp³-hybridized carbons (Fsp3) is 0.200. The summed E-state index contributed by atoms with van der Waals surface area (Å²) in [6.07, 6.45) is 2.37. The molecule has 17 nitrogen and oxygen atoms in total. The number of hydrogen-bond donors (Lipinski definition) is 7. The molecule has 0 spiro atoms. The molecule has 4 amide bonds. The normalized spacial score (nSPS) is 9.75. The van der Waals surface area contributed by atoms with Gasteiger partial charge in [0, 0.05) is 55.0 Å². The highest BCUT2D eigenvalue weighted by Crippen LogP contribution is 2.21. The molecule has 53 heavy (non-hydrogen) atoms. The summed E-state index contributed by atoms with van der Waals surface area (Å²) in [5, 5.41) is 27.7. The molecule has 0 saturated carbocycles. The smallest absolute Gasteiger partial charge is 0.410 e. The summed E-state index contributed by atoms with van der Waals surface area (Å²) in [6, 6.07) is 24.1. The number of non-ortho nitro benzene ring substituents is 1. The number of nitrogens with two attached hydrogens (primary N) is 1. The zero-order chi connectivity index (χ0) is 39.6. The van der Waals surface area contributed by atoms with E-state index >= 15 is 0 Å². The number of ether oxygens (including phenoxy) is 1. The van der Waals surface area contributed by atoms with Crippen molar-refractivity contribution < 1.29 is 42.4 Å². The first-order valence-electron chi connectivity index (χ1n) is 15.8. The van der Waals surface area contributed by atoms with Gasteiger partial charge in [0.2, 0.25) is 6.41 Å². The number of nitro benzene ring substituents is 1. The Hall–Kier alpha value is -6.37. The van der Waals surface area contributed by atoms with Crippen molar-refractivity contribution >= 4 is 63.3 Å². The molecule has 0 heterocycles. The Labute approximate surface area is 307 Å². The third-order valence-corrected chi connectivity index (χ3v) is 7.66. The number of aldehydes is 1. The van der Waals surface area contributed by atoms with E-state index in [4.69, 9.17) is 9.84 Å². The number of rotatable bonds is 14. The molecule has 18 heteroatoms. The predicted octanol–water partition coefficient (Wildman–Crippen LogP) is 5.11. The van der Waals surface area contributed by atoms with E-state index in [0.29, 0.717) is 48.5 Å². The van der Waals surface area contributed by atoms with E-state index < -0.39 is 21.0 Å². The van der Waals surface area contributed by atoms with Crippen LogP contribution in [0, 0.1) is 10.1 Å². The number of aliphatic hydroxyl groups excluding tert-OH is 1. The number of amides is 4. The number of hydrogen-bond acceptors (Lipinski definition) is 11. The maximum atomic E-state index is 12.6. The highest BCUT2D eigenvalue weighted by molar-refractivity contribution is 7.92. The lowest BCUT2D eigenvalue weighted by atomic mass is 10.1. The molecule has 0 bridgehead atoms. The van der Waals surface area contributed by atoms with Gasteiger partial charge in [-0.1, -0.05) is 25.1 Å². The van der Waals surface area contributed by atoms with Crippen molar-refractivity contribution in [1.29, 1.82) is 0 Å². The predicted molar refractivity (Wildman–Crippen MR) is 203 cm³/mol. The van der Waals surface area contributed by atoms with Crippen LogP contribution < -0.4 is 36.5 Å². The van der Waals surface area contributed by atoms with Gasteiger partial charge in [0.25, 0.3) is 15.7 Å². The summed E-state index contributed by atoms with van der Waals surface area (Å²) in [6.45, 7) is 2.47. The lowest BCUT2D eigenvalue weighted by Crippen LogP contribution is -2.29. The van der Waals surface area contributed by atoms with E-state index in [-0.39, 0.29) is 22.4 Å². The van der Waals surface area contributed by atoms with Crippen LogP contribution in [0.2, 0.25) is 0 Å². The Morgan fingerprint density at radius 2 is 1.47 bits per heavy atom. The first kappa shape index (κ1) is 44.7. The van der Waals surface area contributed by atoms with Crippen LogP contribution in [0.15, 0.2) is 102 Å². The Morgan fingerprint density at radius 3 is 2.08 bits per heavy atom. The van der Waals surface area contributed by atoms with E-state index in [1.54, 1.807) is 54.6 Å². The molecular weight excluding hydrogens is 710 g/mol. The van der Waals surface area contributed by atoms with Gasteiger partial charge in [-0.25, -0.2) is 18.0 Å². The number of urea groups is 1. The molecule has 0 saturated heterocycles. The fourth-order valence-electron chi connectivity index (χ4n) is 3.99. The lowest BCUT2D eigenvalue weighted by molar-refractivity contribution is -0.384. The molecule has 0 radical (unpaired) electrons. The number of nitrogens with zero attached hydrogens (tertiary/aromatic N) is 1. The van der Waals surface area contributed by atoms with Crippen LogP contribution in [0.25, 0.3) is 0 Å². The summed E-state index contributed by atoms with van der Waals surface area (Å²) in [7, 11) is -1.32. The highest BCUT2D eigenvalue weighted by Gasteiger charge is 2.16. The van der Waals surface area contributed by atoms with Crippen molar-refractivity contribution in [1.82, 2.24) is 5.32 Å². The summed E-state index contributed by atoms with van der Waals surface area (Å²) in [5.41, 5.74) is 7.13.